The van der Waals surface area contributed by atoms with Crippen LogP contribution in [0.4, 0.5) is 0 Å². The lowest BCUT2D eigenvalue weighted by Crippen LogP contribution is -2.20. The van der Waals surface area contributed by atoms with E-state index < -0.39 is 11.3 Å². The van der Waals surface area contributed by atoms with Crippen molar-refractivity contribution in [1.29, 1.82) is 0 Å². The van der Waals surface area contributed by atoms with Gasteiger partial charge in [0.1, 0.15) is 0 Å². The predicted octanol–water partition coefficient (Wildman–Crippen LogP) is 2.09. The molecule has 1 heterocycles. The van der Waals surface area contributed by atoms with E-state index in [4.69, 9.17) is 8.83 Å². The number of unbranched alkanes of at least 4 members (excludes halogenated alkanes) is 1. The summed E-state index contributed by atoms with van der Waals surface area (Å²) in [6.07, 6.45) is 3.10. The predicted molar refractivity (Wildman–Crippen MR) is 59.6 cm³/mol. The third kappa shape index (κ3) is 2.05. The first-order valence-electron chi connectivity index (χ1n) is 5.27. The summed E-state index contributed by atoms with van der Waals surface area (Å²) in [7, 11) is 0. The lowest BCUT2D eigenvalue weighted by molar-refractivity contribution is 0.448. The van der Waals surface area contributed by atoms with Crippen LogP contribution in [0.2, 0.25) is 0 Å². The standard InChI is InChI=1S/C12H12O4/c1-2-3-4-8-5-6-9-10(7-8)16-12(14)11(13)15-9/h5-7H,2-4H2,1H3. The largest absolute Gasteiger partial charge is 0.423 e. The molecule has 0 aliphatic carbocycles. The number of benzene rings is 1. The molecule has 84 valence electrons. The lowest BCUT2D eigenvalue weighted by atomic mass is 10.1. The minimum atomic E-state index is -0.964. The van der Waals surface area contributed by atoms with Crippen molar-refractivity contribution >= 4 is 11.2 Å². The Kier molecular flexibility index (Phi) is 2.90. The van der Waals surface area contributed by atoms with Gasteiger partial charge in [0.2, 0.25) is 0 Å². The highest BCUT2D eigenvalue weighted by Crippen LogP contribution is 2.14. The summed E-state index contributed by atoms with van der Waals surface area (Å²) in [5.74, 6) is 0. The summed E-state index contributed by atoms with van der Waals surface area (Å²) < 4.78 is 9.64. The van der Waals surface area contributed by atoms with Crippen molar-refractivity contribution in [1.82, 2.24) is 0 Å². The molecule has 2 rings (SSSR count). The quantitative estimate of drug-likeness (QED) is 0.743. The van der Waals surface area contributed by atoms with Gasteiger partial charge in [0, 0.05) is 0 Å². The van der Waals surface area contributed by atoms with E-state index in [0.717, 1.165) is 24.8 Å². The summed E-state index contributed by atoms with van der Waals surface area (Å²) in [5, 5.41) is 0. The van der Waals surface area contributed by atoms with E-state index in [0.29, 0.717) is 11.2 Å². The average molecular weight is 220 g/mol. The number of hydrogen-bond acceptors (Lipinski definition) is 4. The molecule has 0 saturated heterocycles. The Morgan fingerprint density at radius 1 is 1.06 bits per heavy atom. The second kappa shape index (κ2) is 4.35. The second-order valence-electron chi connectivity index (χ2n) is 3.66. The van der Waals surface area contributed by atoms with Gasteiger partial charge in [-0.2, -0.15) is 0 Å². The molecule has 0 radical (unpaired) electrons. The molecule has 4 nitrogen and oxygen atoms in total. The Bertz CT molecular complexity index is 606. The molecule has 0 N–H and O–H groups in total. The highest BCUT2D eigenvalue weighted by molar-refractivity contribution is 5.70. The van der Waals surface area contributed by atoms with Crippen molar-refractivity contribution < 1.29 is 8.83 Å². The van der Waals surface area contributed by atoms with Gasteiger partial charge in [-0.1, -0.05) is 19.4 Å². The average Bonchev–Trinajstić information content (AvgIpc) is 2.28. The highest BCUT2D eigenvalue weighted by Gasteiger charge is 2.05. The Morgan fingerprint density at radius 2 is 1.75 bits per heavy atom. The van der Waals surface area contributed by atoms with E-state index in [1.807, 2.05) is 6.07 Å². The molecule has 0 bridgehead atoms. The molecule has 2 aromatic rings. The van der Waals surface area contributed by atoms with Crippen LogP contribution in [0.5, 0.6) is 0 Å². The van der Waals surface area contributed by atoms with Crippen molar-refractivity contribution in [2.75, 3.05) is 0 Å². The van der Waals surface area contributed by atoms with Gasteiger partial charge in [-0.3, -0.25) is 0 Å². The third-order valence-electron chi connectivity index (χ3n) is 2.40. The molecule has 0 fully saturated rings. The Morgan fingerprint density at radius 3 is 2.44 bits per heavy atom. The molecule has 0 amide bonds. The molecule has 1 aromatic heterocycles. The maximum absolute atomic E-state index is 11.0. The number of hydrogen-bond donors (Lipinski definition) is 0. The topological polar surface area (TPSA) is 60.4 Å². The van der Waals surface area contributed by atoms with Crippen molar-refractivity contribution in [3.63, 3.8) is 0 Å². The van der Waals surface area contributed by atoms with E-state index in [1.54, 1.807) is 12.1 Å². The summed E-state index contributed by atoms with van der Waals surface area (Å²) >= 11 is 0. The van der Waals surface area contributed by atoms with E-state index in [2.05, 4.69) is 6.92 Å². The zero-order chi connectivity index (χ0) is 11.5. The molecule has 0 unspecified atom stereocenters. The Hall–Kier alpha value is -1.84. The Balaban J connectivity index is 2.49. The third-order valence-corrected chi connectivity index (χ3v) is 2.40. The second-order valence-corrected chi connectivity index (χ2v) is 3.66. The molecule has 0 aliphatic rings. The first kappa shape index (κ1) is 10.7. The molecule has 4 heteroatoms. The van der Waals surface area contributed by atoms with Crippen LogP contribution >= 0.6 is 0 Å². The van der Waals surface area contributed by atoms with Gasteiger partial charge in [-0.25, -0.2) is 9.59 Å². The molecule has 0 spiro atoms. The zero-order valence-corrected chi connectivity index (χ0v) is 8.99. The van der Waals surface area contributed by atoms with Crippen LogP contribution in [-0.4, -0.2) is 0 Å². The fraction of sp³-hybridized carbons (Fsp3) is 0.333. The van der Waals surface area contributed by atoms with Gasteiger partial charge in [0.05, 0.1) is 0 Å². The smallest absolute Gasteiger partial charge is 0.414 e. The van der Waals surface area contributed by atoms with E-state index in [-0.39, 0.29) is 0 Å². The van der Waals surface area contributed by atoms with E-state index in [1.165, 1.54) is 0 Å². The van der Waals surface area contributed by atoms with Crippen molar-refractivity contribution in [2.45, 2.75) is 26.2 Å². The first-order chi connectivity index (χ1) is 7.70. The number of fused-ring (bicyclic) bond motifs is 1. The highest BCUT2D eigenvalue weighted by atomic mass is 16.5. The van der Waals surface area contributed by atoms with Gasteiger partial charge in [-0.05, 0) is 30.5 Å². The van der Waals surface area contributed by atoms with Gasteiger partial charge < -0.3 is 8.83 Å². The van der Waals surface area contributed by atoms with Crippen LogP contribution in [0, 0.1) is 0 Å². The lowest BCUT2D eigenvalue weighted by Gasteiger charge is -2.00. The molecule has 1 aromatic carbocycles. The maximum atomic E-state index is 11.0. The molecular formula is C12H12O4. The van der Waals surface area contributed by atoms with Gasteiger partial charge in [-0.15, -0.1) is 0 Å². The fourth-order valence-corrected chi connectivity index (χ4v) is 1.54. The molecular weight excluding hydrogens is 208 g/mol. The van der Waals surface area contributed by atoms with Gasteiger partial charge in [0.25, 0.3) is 0 Å². The van der Waals surface area contributed by atoms with Crippen LogP contribution in [0.25, 0.3) is 11.2 Å². The summed E-state index contributed by atoms with van der Waals surface area (Å²) in [6.45, 7) is 2.11. The molecule has 0 atom stereocenters. The maximum Gasteiger partial charge on any atom is 0.423 e. The Labute approximate surface area is 91.5 Å². The van der Waals surface area contributed by atoms with Crippen molar-refractivity contribution in [3.05, 3.63) is 44.6 Å². The number of rotatable bonds is 3. The van der Waals surface area contributed by atoms with Gasteiger partial charge >= 0.3 is 11.3 Å². The molecule has 0 aliphatic heterocycles. The normalized spacial score (nSPS) is 10.8. The molecule has 0 saturated carbocycles. The van der Waals surface area contributed by atoms with Crippen LogP contribution in [0.1, 0.15) is 25.3 Å². The summed E-state index contributed by atoms with van der Waals surface area (Å²) in [4.78, 5) is 21.9. The van der Waals surface area contributed by atoms with Crippen LogP contribution < -0.4 is 11.3 Å². The molecule has 16 heavy (non-hydrogen) atoms. The minimum absolute atomic E-state index is 0.310. The van der Waals surface area contributed by atoms with Crippen LogP contribution in [0.15, 0.2) is 36.6 Å². The van der Waals surface area contributed by atoms with Crippen molar-refractivity contribution in [3.8, 4) is 0 Å². The van der Waals surface area contributed by atoms with Gasteiger partial charge in [0.15, 0.2) is 11.2 Å². The number of aryl methyl sites for hydroxylation is 1. The van der Waals surface area contributed by atoms with Crippen molar-refractivity contribution in [2.24, 2.45) is 0 Å². The van der Waals surface area contributed by atoms with E-state index in [9.17, 15) is 9.59 Å². The van der Waals surface area contributed by atoms with E-state index >= 15 is 0 Å². The summed E-state index contributed by atoms with van der Waals surface area (Å²) in [6, 6.07) is 5.28. The van der Waals surface area contributed by atoms with Crippen LogP contribution in [0.3, 0.4) is 0 Å². The van der Waals surface area contributed by atoms with Crippen LogP contribution in [-0.2, 0) is 6.42 Å². The minimum Gasteiger partial charge on any atom is -0.414 e. The SMILES string of the molecule is CCCCc1ccc2oc(=O)c(=O)oc2c1. The zero-order valence-electron chi connectivity index (χ0n) is 8.99. The monoisotopic (exact) mass is 220 g/mol. The fourth-order valence-electron chi connectivity index (χ4n) is 1.54. The summed E-state index contributed by atoms with van der Waals surface area (Å²) in [5.41, 5.74) is -0.205. The first-order valence-corrected chi connectivity index (χ1v) is 5.27.